The van der Waals surface area contributed by atoms with Gasteiger partial charge in [-0.3, -0.25) is 4.90 Å². The van der Waals surface area contributed by atoms with E-state index in [1.807, 2.05) is 0 Å². The zero-order valence-corrected chi connectivity index (χ0v) is 12.2. The van der Waals surface area contributed by atoms with Crippen LogP contribution in [0.3, 0.4) is 0 Å². The molecule has 0 amide bonds. The van der Waals surface area contributed by atoms with Gasteiger partial charge in [0.25, 0.3) is 0 Å². The lowest BCUT2D eigenvalue weighted by molar-refractivity contribution is 0.265. The molecule has 2 heteroatoms. The second kappa shape index (κ2) is 5.41. The molecule has 2 nitrogen and oxygen atoms in total. The Hall–Kier alpha value is -0.860. The van der Waals surface area contributed by atoms with E-state index in [0.29, 0.717) is 5.41 Å². The van der Waals surface area contributed by atoms with Crippen LogP contribution in [0, 0.1) is 19.3 Å². The van der Waals surface area contributed by atoms with Gasteiger partial charge in [0.1, 0.15) is 0 Å². The molecule has 0 aliphatic carbocycles. The van der Waals surface area contributed by atoms with E-state index in [1.54, 1.807) is 0 Å². The summed E-state index contributed by atoms with van der Waals surface area (Å²) in [5.41, 5.74) is 4.83. The summed E-state index contributed by atoms with van der Waals surface area (Å²) in [5.74, 6) is 0. The summed E-state index contributed by atoms with van der Waals surface area (Å²) in [6.45, 7) is 11.5. The summed E-state index contributed by atoms with van der Waals surface area (Å²) in [5, 5.41) is 3.33. The first kappa shape index (κ1) is 13.6. The zero-order valence-electron chi connectivity index (χ0n) is 12.2. The minimum Gasteiger partial charge on any atom is -0.319 e. The third kappa shape index (κ3) is 2.93. The van der Waals surface area contributed by atoms with Gasteiger partial charge in [-0.1, -0.05) is 25.1 Å². The topological polar surface area (TPSA) is 15.3 Å². The van der Waals surface area contributed by atoms with E-state index in [-0.39, 0.29) is 0 Å². The van der Waals surface area contributed by atoms with Crippen molar-refractivity contribution in [1.82, 2.24) is 10.2 Å². The van der Waals surface area contributed by atoms with Gasteiger partial charge in [0, 0.05) is 19.6 Å². The van der Waals surface area contributed by atoms with Gasteiger partial charge in [0.05, 0.1) is 0 Å². The maximum Gasteiger partial charge on any atom is 0.0239 e. The van der Waals surface area contributed by atoms with E-state index in [0.717, 1.165) is 13.1 Å². The van der Waals surface area contributed by atoms with E-state index >= 15 is 0 Å². The molecular formula is C16H26N2. The third-order valence-electron chi connectivity index (χ3n) is 4.27. The summed E-state index contributed by atoms with van der Waals surface area (Å²) < 4.78 is 0. The first-order valence-corrected chi connectivity index (χ1v) is 6.96. The molecular weight excluding hydrogens is 220 g/mol. The van der Waals surface area contributed by atoms with Gasteiger partial charge in [-0.15, -0.1) is 0 Å². The lowest BCUT2D eigenvalue weighted by Crippen LogP contribution is -2.33. The number of hydrogen-bond donors (Lipinski definition) is 1. The van der Waals surface area contributed by atoms with Crippen LogP contribution < -0.4 is 5.32 Å². The van der Waals surface area contributed by atoms with Crippen molar-refractivity contribution in [3.05, 3.63) is 34.9 Å². The lowest BCUT2D eigenvalue weighted by atomic mass is 9.90. The highest BCUT2D eigenvalue weighted by Gasteiger charge is 2.33. The highest BCUT2D eigenvalue weighted by Crippen LogP contribution is 2.30. The first-order chi connectivity index (χ1) is 8.54. The quantitative estimate of drug-likeness (QED) is 0.879. The molecule has 1 heterocycles. The minimum atomic E-state index is 0.450. The Labute approximate surface area is 111 Å². The summed E-state index contributed by atoms with van der Waals surface area (Å²) in [4.78, 5) is 2.60. The number of nitrogens with one attached hydrogen (secondary N) is 1. The van der Waals surface area contributed by atoms with Crippen LogP contribution in [-0.4, -0.2) is 31.6 Å². The lowest BCUT2D eigenvalue weighted by Gasteiger charge is -2.25. The monoisotopic (exact) mass is 246 g/mol. The molecule has 0 spiro atoms. The third-order valence-corrected chi connectivity index (χ3v) is 4.27. The molecule has 1 aliphatic rings. The maximum absolute atomic E-state index is 3.33. The number of nitrogens with zero attached hydrogens (tertiary/aromatic N) is 1. The molecule has 1 aromatic carbocycles. The van der Waals surface area contributed by atoms with Crippen LogP contribution in [0.1, 0.15) is 30.0 Å². The summed E-state index contributed by atoms with van der Waals surface area (Å²) in [6, 6.07) is 6.61. The van der Waals surface area contributed by atoms with Gasteiger partial charge in [-0.25, -0.2) is 0 Å². The van der Waals surface area contributed by atoms with E-state index in [2.05, 4.69) is 56.2 Å². The first-order valence-electron chi connectivity index (χ1n) is 6.96. The molecule has 0 radical (unpaired) electrons. The molecule has 1 aromatic rings. The highest BCUT2D eigenvalue weighted by atomic mass is 15.2. The van der Waals surface area contributed by atoms with Crippen LogP contribution in [0.25, 0.3) is 0 Å². The van der Waals surface area contributed by atoms with Gasteiger partial charge in [0.2, 0.25) is 0 Å². The van der Waals surface area contributed by atoms with Crippen LogP contribution in [0.5, 0.6) is 0 Å². The zero-order chi connectivity index (χ0) is 13.2. The number of benzene rings is 1. The smallest absolute Gasteiger partial charge is 0.0239 e. The Morgan fingerprint density at radius 3 is 2.56 bits per heavy atom. The van der Waals surface area contributed by atoms with Crippen molar-refractivity contribution < 1.29 is 0 Å². The van der Waals surface area contributed by atoms with Crippen LogP contribution in [0.2, 0.25) is 0 Å². The Morgan fingerprint density at radius 1 is 1.28 bits per heavy atom. The summed E-state index contributed by atoms with van der Waals surface area (Å²) >= 11 is 0. The summed E-state index contributed by atoms with van der Waals surface area (Å²) in [6.07, 6.45) is 1.30. The van der Waals surface area contributed by atoms with Gasteiger partial charge in [-0.2, -0.15) is 0 Å². The standard InChI is InChI=1S/C16H26N2/c1-13-6-5-7-14(2)15(13)10-18-9-8-16(3,12-18)11-17-4/h5-7,17H,8-12H2,1-4H3. The molecule has 18 heavy (non-hydrogen) atoms. The predicted molar refractivity (Wildman–Crippen MR) is 77.8 cm³/mol. The molecule has 2 rings (SSSR count). The maximum atomic E-state index is 3.33. The van der Waals surface area contributed by atoms with E-state index in [1.165, 1.54) is 36.2 Å². The van der Waals surface area contributed by atoms with Crippen LogP contribution in [0.15, 0.2) is 18.2 Å². The van der Waals surface area contributed by atoms with Crippen molar-refractivity contribution >= 4 is 0 Å². The van der Waals surface area contributed by atoms with Crippen molar-refractivity contribution in [3.8, 4) is 0 Å². The average molecular weight is 246 g/mol. The molecule has 0 aromatic heterocycles. The number of aryl methyl sites for hydroxylation is 2. The Balaban J connectivity index is 2.04. The molecule has 0 saturated carbocycles. The second-order valence-corrected chi connectivity index (χ2v) is 6.17. The van der Waals surface area contributed by atoms with E-state index < -0.39 is 0 Å². The van der Waals surface area contributed by atoms with Crippen molar-refractivity contribution in [3.63, 3.8) is 0 Å². The van der Waals surface area contributed by atoms with Gasteiger partial charge >= 0.3 is 0 Å². The number of likely N-dealkylation sites (tertiary alicyclic amines) is 1. The largest absolute Gasteiger partial charge is 0.319 e. The fraction of sp³-hybridized carbons (Fsp3) is 0.625. The predicted octanol–water partition coefficient (Wildman–Crippen LogP) is 2.73. The molecule has 100 valence electrons. The van der Waals surface area contributed by atoms with Gasteiger partial charge in [-0.05, 0) is 56.0 Å². The normalized spacial score (nSPS) is 24.7. The molecule has 1 unspecified atom stereocenters. The van der Waals surface area contributed by atoms with Crippen molar-refractivity contribution in [2.24, 2.45) is 5.41 Å². The van der Waals surface area contributed by atoms with Crippen LogP contribution in [0.4, 0.5) is 0 Å². The molecule has 0 bridgehead atoms. The molecule has 1 aliphatic heterocycles. The van der Waals surface area contributed by atoms with E-state index in [4.69, 9.17) is 0 Å². The van der Waals surface area contributed by atoms with Crippen molar-refractivity contribution in [1.29, 1.82) is 0 Å². The fourth-order valence-corrected chi connectivity index (χ4v) is 3.15. The minimum absolute atomic E-state index is 0.450. The molecule has 1 N–H and O–H groups in total. The van der Waals surface area contributed by atoms with Gasteiger partial charge in [0.15, 0.2) is 0 Å². The van der Waals surface area contributed by atoms with Gasteiger partial charge < -0.3 is 5.32 Å². The SMILES string of the molecule is CNCC1(C)CCN(Cc2c(C)cccc2C)C1. The Morgan fingerprint density at radius 2 is 1.94 bits per heavy atom. The van der Waals surface area contributed by atoms with Crippen LogP contribution in [-0.2, 0) is 6.54 Å². The summed E-state index contributed by atoms with van der Waals surface area (Å²) in [7, 11) is 2.05. The van der Waals surface area contributed by atoms with Crippen molar-refractivity contribution in [2.45, 2.75) is 33.7 Å². The molecule has 1 atom stereocenters. The van der Waals surface area contributed by atoms with Crippen LogP contribution >= 0.6 is 0 Å². The number of rotatable bonds is 4. The van der Waals surface area contributed by atoms with E-state index in [9.17, 15) is 0 Å². The number of hydrogen-bond acceptors (Lipinski definition) is 2. The second-order valence-electron chi connectivity index (χ2n) is 6.17. The Bertz CT molecular complexity index is 393. The Kier molecular flexibility index (Phi) is 4.08. The fourth-order valence-electron chi connectivity index (χ4n) is 3.15. The average Bonchev–Trinajstić information content (AvgIpc) is 2.66. The van der Waals surface area contributed by atoms with Crippen molar-refractivity contribution in [2.75, 3.05) is 26.7 Å². The highest BCUT2D eigenvalue weighted by molar-refractivity contribution is 5.33. The molecule has 1 saturated heterocycles. The molecule has 1 fully saturated rings.